The van der Waals surface area contributed by atoms with Gasteiger partial charge >= 0.3 is 0 Å². The normalized spacial score (nSPS) is 12.2. The van der Waals surface area contributed by atoms with E-state index in [-0.39, 0.29) is 13.2 Å². The average Bonchev–Trinajstić information content (AvgIpc) is 2.78. The van der Waals surface area contributed by atoms with E-state index in [2.05, 4.69) is 17.2 Å². The molecule has 0 aliphatic heterocycles. The maximum absolute atomic E-state index is 12.3. The molecule has 8 heteroatoms. The number of aliphatic hydroxyl groups is 1. The number of carbonyl (C=O) groups excluding carboxylic acids is 2. The van der Waals surface area contributed by atoms with Gasteiger partial charge in [0.25, 0.3) is 11.8 Å². The summed E-state index contributed by atoms with van der Waals surface area (Å²) in [6.45, 7) is 0.117. The second-order valence-corrected chi connectivity index (χ2v) is 6.28. The summed E-state index contributed by atoms with van der Waals surface area (Å²) >= 11 is 0. The average molecular weight is 412 g/mol. The quantitative estimate of drug-likeness (QED) is 0.276. The summed E-state index contributed by atoms with van der Waals surface area (Å²) in [6, 6.07) is 15.6. The molecule has 0 saturated carbocycles. The molecular weight excluding hydrogens is 388 g/mol. The van der Waals surface area contributed by atoms with Gasteiger partial charge in [-0.25, -0.2) is 5.48 Å². The largest absolute Gasteiger partial charge is 0.388 e. The number of aliphatic hydroxyl groups excluding tert-OH is 1. The predicted molar refractivity (Wildman–Crippen MR) is 108 cm³/mol. The fraction of sp³-hybridized carbons (Fsp3) is 0.273. The van der Waals surface area contributed by atoms with Gasteiger partial charge in [-0.2, -0.15) is 0 Å². The van der Waals surface area contributed by atoms with E-state index in [0.717, 1.165) is 11.1 Å². The van der Waals surface area contributed by atoms with Crippen LogP contribution in [0.25, 0.3) is 0 Å². The highest BCUT2D eigenvalue weighted by Crippen LogP contribution is 2.08. The lowest BCUT2D eigenvalue weighted by Crippen LogP contribution is -2.48. The number of carbonyl (C=O) groups is 2. The second kappa shape index (κ2) is 12.4. The van der Waals surface area contributed by atoms with Crippen LogP contribution >= 0.6 is 0 Å². The van der Waals surface area contributed by atoms with Crippen LogP contribution in [0.5, 0.6) is 0 Å². The van der Waals surface area contributed by atoms with E-state index in [0.29, 0.717) is 12.2 Å². The van der Waals surface area contributed by atoms with Crippen LogP contribution in [0, 0.1) is 11.8 Å². The van der Waals surface area contributed by atoms with Crippen molar-refractivity contribution in [2.24, 2.45) is 0 Å². The zero-order valence-electron chi connectivity index (χ0n) is 16.5. The Morgan fingerprint density at radius 2 is 1.80 bits per heavy atom. The minimum atomic E-state index is -1.37. The summed E-state index contributed by atoms with van der Waals surface area (Å²) in [5, 5.41) is 21.8. The van der Waals surface area contributed by atoms with Gasteiger partial charge in [0.15, 0.2) is 6.10 Å². The highest BCUT2D eigenvalue weighted by molar-refractivity contribution is 5.94. The van der Waals surface area contributed by atoms with Crippen LogP contribution in [0.4, 0.5) is 0 Å². The van der Waals surface area contributed by atoms with Gasteiger partial charge in [0.2, 0.25) is 0 Å². The fourth-order valence-electron chi connectivity index (χ4n) is 2.51. The molecule has 2 aromatic carbocycles. The number of hydroxylamine groups is 1. The molecule has 0 fully saturated rings. The third kappa shape index (κ3) is 7.31. The number of ether oxygens (including phenoxy) is 2. The Morgan fingerprint density at radius 3 is 2.43 bits per heavy atom. The van der Waals surface area contributed by atoms with Gasteiger partial charge in [0, 0.05) is 24.8 Å². The van der Waals surface area contributed by atoms with Crippen molar-refractivity contribution >= 4 is 11.8 Å². The standard InChI is InChI=1S/C22H24N2O6/c1-29-13-5-8-16-9-11-18(12-10-16)21(26)23-14-19(25)20(22(27)24-28)30-15-17-6-3-2-4-7-17/h2-4,6-7,9-12,19-20,25,28H,13-15H2,1H3,(H,23,26)(H,24,27)/t19-,20+/m1/s1. The van der Waals surface area contributed by atoms with Gasteiger partial charge < -0.3 is 19.9 Å². The Hall–Kier alpha value is -3.22. The number of nitrogens with one attached hydrogen (secondary N) is 2. The third-order valence-corrected chi connectivity index (χ3v) is 4.06. The minimum absolute atomic E-state index is 0.0511. The van der Waals surface area contributed by atoms with Crippen LogP contribution in [0.15, 0.2) is 54.6 Å². The number of amides is 2. The molecule has 0 aliphatic carbocycles. The maximum atomic E-state index is 12.3. The lowest BCUT2D eigenvalue weighted by atomic mass is 10.1. The summed E-state index contributed by atoms with van der Waals surface area (Å²) in [4.78, 5) is 24.1. The smallest absolute Gasteiger partial charge is 0.275 e. The Balaban J connectivity index is 1.91. The maximum Gasteiger partial charge on any atom is 0.275 e. The highest BCUT2D eigenvalue weighted by Gasteiger charge is 2.28. The van der Waals surface area contributed by atoms with Crippen molar-refractivity contribution in [2.45, 2.75) is 18.8 Å². The van der Waals surface area contributed by atoms with Crippen molar-refractivity contribution in [3.05, 3.63) is 71.3 Å². The molecule has 0 unspecified atom stereocenters. The summed E-state index contributed by atoms with van der Waals surface area (Å²) in [7, 11) is 1.55. The van der Waals surface area contributed by atoms with E-state index < -0.39 is 24.0 Å². The van der Waals surface area contributed by atoms with Crippen molar-refractivity contribution in [1.29, 1.82) is 0 Å². The summed E-state index contributed by atoms with van der Waals surface area (Å²) < 4.78 is 10.3. The van der Waals surface area contributed by atoms with Gasteiger partial charge in [0.1, 0.15) is 12.7 Å². The molecule has 4 N–H and O–H groups in total. The number of benzene rings is 2. The third-order valence-electron chi connectivity index (χ3n) is 4.06. The van der Waals surface area contributed by atoms with Crippen molar-refractivity contribution in [1.82, 2.24) is 10.8 Å². The van der Waals surface area contributed by atoms with Gasteiger partial charge in [-0.1, -0.05) is 42.2 Å². The molecule has 0 saturated heterocycles. The van der Waals surface area contributed by atoms with Crippen LogP contribution < -0.4 is 10.8 Å². The van der Waals surface area contributed by atoms with Crippen molar-refractivity contribution in [3.63, 3.8) is 0 Å². The highest BCUT2D eigenvalue weighted by atomic mass is 16.5. The number of hydrogen-bond donors (Lipinski definition) is 4. The molecule has 0 aromatic heterocycles. The molecule has 2 rings (SSSR count). The molecule has 0 aliphatic rings. The summed E-state index contributed by atoms with van der Waals surface area (Å²) in [5.74, 6) is 4.36. The zero-order chi connectivity index (χ0) is 21.8. The first-order chi connectivity index (χ1) is 14.5. The Kier molecular flexibility index (Phi) is 9.51. The van der Waals surface area contributed by atoms with Gasteiger partial charge in [-0.15, -0.1) is 0 Å². The van der Waals surface area contributed by atoms with Crippen LogP contribution in [0.1, 0.15) is 21.5 Å². The van der Waals surface area contributed by atoms with Crippen LogP contribution in [0.3, 0.4) is 0 Å². The minimum Gasteiger partial charge on any atom is -0.388 e. The van der Waals surface area contributed by atoms with Gasteiger partial charge in [0.05, 0.1) is 6.61 Å². The Bertz CT molecular complexity index is 874. The summed E-state index contributed by atoms with van der Waals surface area (Å²) in [5.41, 5.74) is 3.36. The van der Waals surface area contributed by atoms with Crippen LogP contribution in [-0.2, 0) is 20.9 Å². The first-order valence-electron chi connectivity index (χ1n) is 9.18. The molecule has 0 bridgehead atoms. The molecule has 2 amide bonds. The second-order valence-electron chi connectivity index (χ2n) is 6.28. The van der Waals surface area contributed by atoms with Crippen LogP contribution in [-0.4, -0.2) is 54.6 Å². The number of rotatable bonds is 9. The van der Waals surface area contributed by atoms with E-state index >= 15 is 0 Å². The van der Waals surface area contributed by atoms with E-state index in [1.54, 1.807) is 43.5 Å². The van der Waals surface area contributed by atoms with Gasteiger partial charge in [-0.3, -0.25) is 14.8 Å². The van der Waals surface area contributed by atoms with Crippen molar-refractivity contribution < 1.29 is 29.4 Å². The van der Waals surface area contributed by atoms with Crippen LogP contribution in [0.2, 0.25) is 0 Å². The topological polar surface area (TPSA) is 117 Å². The van der Waals surface area contributed by atoms with Crippen molar-refractivity contribution in [3.8, 4) is 11.8 Å². The Labute approximate surface area is 174 Å². The molecule has 0 spiro atoms. The monoisotopic (exact) mass is 412 g/mol. The molecule has 158 valence electrons. The van der Waals surface area contributed by atoms with Gasteiger partial charge in [-0.05, 0) is 29.8 Å². The molecule has 30 heavy (non-hydrogen) atoms. The molecule has 0 heterocycles. The zero-order valence-corrected chi connectivity index (χ0v) is 16.5. The predicted octanol–water partition coefficient (Wildman–Crippen LogP) is 0.866. The fourth-order valence-corrected chi connectivity index (χ4v) is 2.51. The molecule has 2 aromatic rings. The van der Waals surface area contributed by atoms with E-state index in [1.807, 2.05) is 18.2 Å². The summed E-state index contributed by atoms with van der Waals surface area (Å²) in [6.07, 6.45) is -2.74. The lowest BCUT2D eigenvalue weighted by molar-refractivity contribution is -0.150. The Morgan fingerprint density at radius 1 is 1.10 bits per heavy atom. The van der Waals surface area contributed by atoms with Crippen molar-refractivity contribution in [2.75, 3.05) is 20.3 Å². The molecule has 0 radical (unpaired) electrons. The molecular formula is C22H24N2O6. The SMILES string of the molecule is COCC#Cc1ccc(C(=O)NC[C@@H](O)[C@H](OCc2ccccc2)C(=O)NO)cc1. The van der Waals surface area contributed by atoms with E-state index in [4.69, 9.17) is 14.7 Å². The number of methoxy groups -OCH3 is 1. The van der Waals surface area contributed by atoms with E-state index in [1.165, 1.54) is 5.48 Å². The molecule has 8 nitrogen and oxygen atoms in total. The van der Waals surface area contributed by atoms with E-state index in [9.17, 15) is 14.7 Å². The lowest BCUT2D eigenvalue weighted by Gasteiger charge is -2.22. The number of hydrogen-bond acceptors (Lipinski definition) is 6. The molecule has 2 atom stereocenters. The first kappa shape index (κ1) is 23.1. The first-order valence-corrected chi connectivity index (χ1v) is 9.18.